The minimum atomic E-state index is 0.435. The Balaban J connectivity index is 0.000000271. The summed E-state index contributed by atoms with van der Waals surface area (Å²) in [5.41, 5.74) is 4.35. The van der Waals surface area contributed by atoms with Crippen LogP contribution >= 0.6 is 0 Å². The van der Waals surface area contributed by atoms with E-state index in [1.807, 2.05) is 42.5 Å². The maximum absolute atomic E-state index is 10.3. The van der Waals surface area contributed by atoms with Gasteiger partial charge in [-0.2, -0.15) is 4.99 Å². The van der Waals surface area contributed by atoms with E-state index in [9.17, 15) is 9.59 Å². The molecule has 130 valence electrons. The highest BCUT2D eigenvalue weighted by Gasteiger charge is 2.06. The van der Waals surface area contributed by atoms with Crippen LogP contribution in [-0.2, 0) is 29.0 Å². The molecule has 0 radical (unpaired) electrons. The topological polar surface area (TPSA) is 58.9 Å². The highest BCUT2D eigenvalue weighted by molar-refractivity contribution is 5.56. The SMILES string of the molecule is CCCc1cccc(N=C=O)c1CCC.O=C=NCc1ccccc1. The summed E-state index contributed by atoms with van der Waals surface area (Å²) in [7, 11) is 0. The predicted octanol–water partition coefficient (Wildman–Crippen LogP) is 5.08. The maximum Gasteiger partial charge on any atom is 0.240 e. The molecule has 0 fully saturated rings. The molecule has 0 aliphatic rings. The quantitative estimate of drug-likeness (QED) is 0.523. The predicted molar refractivity (Wildman–Crippen MR) is 100 cm³/mol. The van der Waals surface area contributed by atoms with Gasteiger partial charge in [-0.1, -0.05) is 69.2 Å². The monoisotopic (exact) mass is 336 g/mol. The van der Waals surface area contributed by atoms with Crippen molar-refractivity contribution >= 4 is 17.8 Å². The van der Waals surface area contributed by atoms with Gasteiger partial charge in [0, 0.05) is 0 Å². The van der Waals surface area contributed by atoms with E-state index in [-0.39, 0.29) is 0 Å². The maximum atomic E-state index is 10.3. The molecule has 0 amide bonds. The Labute approximate surface area is 149 Å². The normalized spacial score (nSPS) is 9.20. The lowest BCUT2D eigenvalue weighted by atomic mass is 9.98. The van der Waals surface area contributed by atoms with Crippen molar-refractivity contribution in [3.8, 4) is 0 Å². The average molecular weight is 336 g/mol. The van der Waals surface area contributed by atoms with Crippen molar-refractivity contribution in [2.24, 2.45) is 9.98 Å². The molecule has 0 saturated heterocycles. The molecule has 2 aromatic carbocycles. The highest BCUT2D eigenvalue weighted by Crippen LogP contribution is 2.25. The third-order valence-corrected chi connectivity index (χ3v) is 3.60. The number of rotatable bonds is 7. The summed E-state index contributed by atoms with van der Waals surface area (Å²) in [6.07, 6.45) is 7.34. The standard InChI is InChI=1S/C13H17NO.C8H7NO/c1-3-6-11-8-5-9-13(14-10-15)12(11)7-4-2;10-7-9-6-8-4-2-1-3-5-8/h5,8-9H,3-4,6-7H2,1-2H3;1-5H,6H2. The van der Waals surface area contributed by atoms with Crippen molar-refractivity contribution in [3.63, 3.8) is 0 Å². The lowest BCUT2D eigenvalue weighted by Gasteiger charge is -2.09. The van der Waals surface area contributed by atoms with Crippen molar-refractivity contribution in [1.82, 2.24) is 0 Å². The summed E-state index contributed by atoms with van der Waals surface area (Å²) in [6.45, 7) is 4.73. The molecule has 4 nitrogen and oxygen atoms in total. The highest BCUT2D eigenvalue weighted by atomic mass is 16.1. The van der Waals surface area contributed by atoms with Gasteiger partial charge in [0.2, 0.25) is 12.2 Å². The summed E-state index contributed by atoms with van der Waals surface area (Å²) < 4.78 is 0. The Bertz CT molecular complexity index is 729. The number of hydrogen-bond donors (Lipinski definition) is 0. The molecule has 25 heavy (non-hydrogen) atoms. The Kier molecular flexibility index (Phi) is 10.2. The van der Waals surface area contributed by atoms with Crippen LogP contribution in [0.1, 0.15) is 43.4 Å². The fourth-order valence-electron chi connectivity index (χ4n) is 2.52. The molecule has 0 saturated carbocycles. The Morgan fingerprint density at radius 3 is 2.16 bits per heavy atom. The Hall–Kier alpha value is -2.80. The van der Waals surface area contributed by atoms with Gasteiger partial charge in [0.25, 0.3) is 0 Å². The van der Waals surface area contributed by atoms with E-state index in [0.717, 1.165) is 36.9 Å². The van der Waals surface area contributed by atoms with Crippen LogP contribution in [-0.4, -0.2) is 12.2 Å². The first-order valence-corrected chi connectivity index (χ1v) is 8.52. The number of nitrogens with zero attached hydrogens (tertiary/aromatic N) is 2. The van der Waals surface area contributed by atoms with Crippen LogP contribution in [0.5, 0.6) is 0 Å². The van der Waals surface area contributed by atoms with Gasteiger partial charge in [-0.25, -0.2) is 14.6 Å². The van der Waals surface area contributed by atoms with Crippen molar-refractivity contribution in [2.45, 2.75) is 46.1 Å². The molecule has 0 heterocycles. The molecule has 2 aromatic rings. The smallest absolute Gasteiger partial charge is 0.211 e. The van der Waals surface area contributed by atoms with Gasteiger partial charge in [-0.3, -0.25) is 0 Å². The van der Waals surface area contributed by atoms with Crippen LogP contribution in [0.4, 0.5) is 5.69 Å². The Morgan fingerprint density at radius 2 is 1.56 bits per heavy atom. The number of carbonyl (C=O) groups excluding carboxylic acids is 2. The van der Waals surface area contributed by atoms with Crippen LogP contribution in [0, 0.1) is 0 Å². The van der Waals surface area contributed by atoms with E-state index in [1.165, 1.54) is 17.2 Å². The second kappa shape index (κ2) is 12.6. The van der Waals surface area contributed by atoms with Crippen molar-refractivity contribution in [3.05, 3.63) is 65.2 Å². The number of benzene rings is 2. The molecule has 0 bridgehead atoms. The van der Waals surface area contributed by atoms with Crippen LogP contribution in [0.2, 0.25) is 0 Å². The van der Waals surface area contributed by atoms with Gasteiger partial charge in [0.1, 0.15) is 0 Å². The van der Waals surface area contributed by atoms with Gasteiger partial charge < -0.3 is 0 Å². The van der Waals surface area contributed by atoms with Gasteiger partial charge in [-0.15, -0.1) is 0 Å². The van der Waals surface area contributed by atoms with Crippen LogP contribution in [0.25, 0.3) is 0 Å². The second-order valence-electron chi connectivity index (χ2n) is 5.51. The van der Waals surface area contributed by atoms with Crippen LogP contribution < -0.4 is 0 Å². The zero-order chi connectivity index (χ0) is 18.3. The van der Waals surface area contributed by atoms with Crippen molar-refractivity contribution in [1.29, 1.82) is 0 Å². The minimum absolute atomic E-state index is 0.435. The molecule has 0 unspecified atom stereocenters. The average Bonchev–Trinajstić information content (AvgIpc) is 2.64. The lowest BCUT2D eigenvalue weighted by molar-refractivity contribution is 0.562. The summed E-state index contributed by atoms with van der Waals surface area (Å²) in [5.74, 6) is 0. The molecule has 0 atom stereocenters. The van der Waals surface area contributed by atoms with Crippen LogP contribution in [0.3, 0.4) is 0 Å². The summed E-state index contributed by atoms with van der Waals surface area (Å²) in [6, 6.07) is 15.6. The molecule has 2 rings (SSSR count). The zero-order valence-corrected chi connectivity index (χ0v) is 14.9. The fourth-order valence-corrected chi connectivity index (χ4v) is 2.52. The molecule has 0 N–H and O–H groups in total. The first-order chi connectivity index (χ1) is 12.3. The fraction of sp³-hybridized carbons (Fsp3) is 0.333. The largest absolute Gasteiger partial charge is 0.240 e. The summed E-state index contributed by atoms with van der Waals surface area (Å²) in [5, 5.41) is 0. The van der Waals surface area contributed by atoms with Gasteiger partial charge >= 0.3 is 0 Å². The van der Waals surface area contributed by atoms with E-state index >= 15 is 0 Å². The zero-order valence-electron chi connectivity index (χ0n) is 14.9. The van der Waals surface area contributed by atoms with E-state index in [1.54, 1.807) is 6.08 Å². The molecule has 0 aliphatic heterocycles. The molecule has 0 spiro atoms. The van der Waals surface area contributed by atoms with Gasteiger partial charge in [0.05, 0.1) is 12.2 Å². The number of isocyanates is 2. The molecular weight excluding hydrogens is 312 g/mol. The first-order valence-electron chi connectivity index (χ1n) is 8.52. The van der Waals surface area contributed by atoms with E-state index in [2.05, 4.69) is 29.9 Å². The third-order valence-electron chi connectivity index (χ3n) is 3.60. The number of aliphatic imine (C=N–C) groups is 2. The lowest BCUT2D eigenvalue weighted by Crippen LogP contribution is -1.94. The number of hydrogen-bond acceptors (Lipinski definition) is 4. The molecular formula is C21H24N2O2. The third kappa shape index (κ3) is 7.54. The van der Waals surface area contributed by atoms with Gasteiger partial charge in [0.15, 0.2) is 0 Å². The molecule has 4 heteroatoms. The van der Waals surface area contributed by atoms with E-state index in [4.69, 9.17) is 0 Å². The first kappa shape index (κ1) is 20.2. The van der Waals surface area contributed by atoms with Crippen molar-refractivity contribution in [2.75, 3.05) is 0 Å². The van der Waals surface area contributed by atoms with Crippen molar-refractivity contribution < 1.29 is 9.59 Å². The van der Waals surface area contributed by atoms with Crippen LogP contribution in [0.15, 0.2) is 58.5 Å². The molecule has 0 aromatic heterocycles. The second-order valence-corrected chi connectivity index (χ2v) is 5.51. The van der Waals surface area contributed by atoms with Gasteiger partial charge in [-0.05, 0) is 35.6 Å². The van der Waals surface area contributed by atoms with E-state index < -0.39 is 0 Å². The molecule has 0 aliphatic carbocycles. The summed E-state index contributed by atoms with van der Waals surface area (Å²) >= 11 is 0. The minimum Gasteiger partial charge on any atom is -0.211 e. The van der Waals surface area contributed by atoms with E-state index in [0.29, 0.717) is 6.54 Å². The number of aryl methyl sites for hydroxylation is 1. The Morgan fingerprint density at radius 1 is 0.840 bits per heavy atom. The summed E-state index contributed by atoms with van der Waals surface area (Å²) in [4.78, 5) is 27.2.